The molecule has 0 unspecified atom stereocenters. The number of methoxy groups -OCH3 is 1. The lowest BCUT2D eigenvalue weighted by atomic mass is 10.2. The summed E-state index contributed by atoms with van der Waals surface area (Å²) >= 11 is 1.27. The molecule has 0 aliphatic carbocycles. The summed E-state index contributed by atoms with van der Waals surface area (Å²) in [6, 6.07) is 17.3. The van der Waals surface area contributed by atoms with Crippen LogP contribution >= 0.6 is 11.3 Å². The third-order valence-corrected chi connectivity index (χ3v) is 6.68. The smallest absolute Gasteiger partial charge is 0.268 e. The molecule has 2 aromatic carbocycles. The number of rotatable bonds is 6. The van der Waals surface area contributed by atoms with Gasteiger partial charge in [-0.3, -0.25) is 14.3 Å². The average molecular weight is 475 g/mol. The number of benzene rings is 2. The molecule has 2 aromatic heterocycles. The fraction of sp³-hybridized carbons (Fsp3) is 0.192. The standard InChI is InChI=1S/C26H26N4O3S/c1-17-20(18(2)30(28-17)16-19-10-6-5-7-11-19)14-23-26(32)29(3)25(34-23)15-24(31)27-21-12-8-9-13-22(21)33-4/h5-15H,16H2,1-4H3,(H,27,31)/b23-14-,25-15-. The van der Waals surface area contributed by atoms with Gasteiger partial charge in [0.25, 0.3) is 11.5 Å². The second-order valence-electron chi connectivity index (χ2n) is 7.87. The Kier molecular flexibility index (Phi) is 6.79. The molecular weight excluding hydrogens is 448 g/mol. The third-order valence-electron chi connectivity index (χ3n) is 5.57. The molecule has 1 amide bonds. The van der Waals surface area contributed by atoms with Crippen LogP contribution in [0.3, 0.4) is 0 Å². The van der Waals surface area contributed by atoms with Crippen molar-refractivity contribution >= 4 is 35.1 Å². The molecule has 7 nitrogen and oxygen atoms in total. The van der Waals surface area contributed by atoms with Crippen molar-refractivity contribution in [3.8, 4) is 5.75 Å². The Hall–Kier alpha value is -3.91. The van der Waals surface area contributed by atoms with Gasteiger partial charge in [0.15, 0.2) is 0 Å². The number of anilines is 1. The lowest BCUT2D eigenvalue weighted by Crippen LogP contribution is -2.29. The monoisotopic (exact) mass is 474 g/mol. The van der Waals surface area contributed by atoms with E-state index in [1.807, 2.05) is 54.9 Å². The molecule has 174 valence electrons. The molecule has 0 aliphatic heterocycles. The summed E-state index contributed by atoms with van der Waals surface area (Å²) in [6.45, 7) is 4.60. The van der Waals surface area contributed by atoms with Gasteiger partial charge in [0, 0.05) is 24.4 Å². The fourth-order valence-electron chi connectivity index (χ4n) is 3.70. The minimum Gasteiger partial charge on any atom is -0.495 e. The van der Waals surface area contributed by atoms with Crippen LogP contribution in [0.4, 0.5) is 5.69 Å². The van der Waals surface area contributed by atoms with Crippen LogP contribution in [0.5, 0.6) is 5.75 Å². The van der Waals surface area contributed by atoms with E-state index in [-0.39, 0.29) is 11.5 Å². The fourth-order valence-corrected chi connectivity index (χ4v) is 4.71. The zero-order valence-corrected chi connectivity index (χ0v) is 20.3. The van der Waals surface area contributed by atoms with Crippen molar-refractivity contribution in [3.63, 3.8) is 0 Å². The Labute approximate surface area is 201 Å². The van der Waals surface area contributed by atoms with Crippen LogP contribution < -0.4 is 24.8 Å². The normalized spacial score (nSPS) is 12.2. The van der Waals surface area contributed by atoms with Crippen molar-refractivity contribution in [1.29, 1.82) is 0 Å². The van der Waals surface area contributed by atoms with Crippen molar-refractivity contribution in [2.24, 2.45) is 7.05 Å². The first-order valence-electron chi connectivity index (χ1n) is 10.8. The van der Waals surface area contributed by atoms with Crippen molar-refractivity contribution in [3.05, 3.63) is 96.7 Å². The molecular formula is C26H26N4O3S. The SMILES string of the molecule is COc1ccccc1NC(=O)/C=c1\s/c(=C\c2c(C)nn(Cc3ccccc3)c2C)c(=O)n1C. The molecule has 8 heteroatoms. The van der Waals surface area contributed by atoms with Gasteiger partial charge in [-0.2, -0.15) is 5.10 Å². The quantitative estimate of drug-likeness (QED) is 0.466. The molecule has 4 rings (SSSR count). The van der Waals surface area contributed by atoms with E-state index in [1.54, 1.807) is 26.3 Å². The van der Waals surface area contributed by atoms with Gasteiger partial charge in [0.2, 0.25) is 0 Å². The van der Waals surface area contributed by atoms with Gasteiger partial charge in [-0.25, -0.2) is 0 Å². The van der Waals surface area contributed by atoms with Crippen molar-refractivity contribution < 1.29 is 9.53 Å². The zero-order valence-electron chi connectivity index (χ0n) is 19.5. The number of nitrogens with one attached hydrogen (secondary N) is 1. The van der Waals surface area contributed by atoms with Crippen LogP contribution in [0.1, 0.15) is 22.5 Å². The first kappa shape index (κ1) is 23.3. The number of para-hydroxylation sites is 2. The Morgan fingerprint density at radius 1 is 1.12 bits per heavy atom. The second-order valence-corrected chi connectivity index (χ2v) is 8.94. The number of carbonyl (C=O) groups is 1. The maximum Gasteiger partial charge on any atom is 0.268 e. The predicted octanol–water partition coefficient (Wildman–Crippen LogP) is 2.57. The Morgan fingerprint density at radius 2 is 1.82 bits per heavy atom. The first-order chi connectivity index (χ1) is 16.4. The van der Waals surface area contributed by atoms with Gasteiger partial charge >= 0.3 is 0 Å². The Balaban J connectivity index is 1.66. The molecule has 0 fully saturated rings. The molecule has 34 heavy (non-hydrogen) atoms. The maximum atomic E-state index is 12.9. The number of carbonyl (C=O) groups excluding carboxylic acids is 1. The number of amides is 1. The summed E-state index contributed by atoms with van der Waals surface area (Å²) in [5, 5.41) is 7.48. The summed E-state index contributed by atoms with van der Waals surface area (Å²) in [7, 11) is 3.21. The second kappa shape index (κ2) is 9.93. The third kappa shape index (κ3) is 4.87. The summed E-state index contributed by atoms with van der Waals surface area (Å²) in [5.74, 6) is 0.229. The van der Waals surface area contributed by atoms with Crippen molar-refractivity contribution in [2.75, 3.05) is 12.4 Å². The summed E-state index contributed by atoms with van der Waals surface area (Å²) < 4.78 is 9.80. The van der Waals surface area contributed by atoms with Crippen LogP contribution in [0, 0.1) is 13.8 Å². The number of nitrogens with zero attached hydrogens (tertiary/aromatic N) is 3. The first-order valence-corrected chi connectivity index (χ1v) is 11.6. The highest BCUT2D eigenvalue weighted by Crippen LogP contribution is 2.22. The molecule has 0 bridgehead atoms. The van der Waals surface area contributed by atoms with Gasteiger partial charge in [0.05, 0.1) is 29.6 Å². The van der Waals surface area contributed by atoms with Crippen molar-refractivity contribution in [2.45, 2.75) is 20.4 Å². The average Bonchev–Trinajstić information content (AvgIpc) is 3.24. The molecule has 0 saturated heterocycles. The van der Waals surface area contributed by atoms with Crippen molar-refractivity contribution in [1.82, 2.24) is 14.3 Å². The summed E-state index contributed by atoms with van der Waals surface area (Å²) in [5.41, 5.74) is 4.32. The number of thiazole rings is 1. The van der Waals surface area contributed by atoms with E-state index in [2.05, 4.69) is 22.5 Å². The number of aromatic nitrogens is 3. The van der Waals surface area contributed by atoms with E-state index in [1.165, 1.54) is 22.0 Å². The number of ether oxygens (including phenoxy) is 1. The molecule has 0 aliphatic rings. The highest BCUT2D eigenvalue weighted by Gasteiger charge is 2.12. The van der Waals surface area contributed by atoms with Gasteiger partial charge < -0.3 is 14.6 Å². The minimum absolute atomic E-state index is 0.157. The lowest BCUT2D eigenvalue weighted by Gasteiger charge is -2.07. The Bertz CT molecular complexity index is 1510. The molecule has 1 N–H and O–H groups in total. The van der Waals surface area contributed by atoms with Gasteiger partial charge in [-0.15, -0.1) is 11.3 Å². The van der Waals surface area contributed by atoms with E-state index in [0.717, 1.165) is 22.5 Å². The molecule has 0 radical (unpaired) electrons. The van der Waals surface area contributed by atoms with Gasteiger partial charge in [-0.05, 0) is 37.6 Å². The lowest BCUT2D eigenvalue weighted by molar-refractivity contribution is -0.110. The molecule has 0 atom stereocenters. The number of hydrogen-bond acceptors (Lipinski definition) is 5. The molecule has 0 saturated carbocycles. The topological polar surface area (TPSA) is 78.2 Å². The van der Waals surface area contributed by atoms with E-state index in [4.69, 9.17) is 4.74 Å². The van der Waals surface area contributed by atoms with Gasteiger partial charge in [-0.1, -0.05) is 42.5 Å². The van der Waals surface area contributed by atoms with Crippen LogP contribution in [0.2, 0.25) is 0 Å². The molecule has 2 heterocycles. The minimum atomic E-state index is -0.337. The highest BCUT2D eigenvalue weighted by molar-refractivity contribution is 7.07. The van der Waals surface area contributed by atoms with E-state index >= 15 is 0 Å². The van der Waals surface area contributed by atoms with Crippen LogP contribution in [-0.2, 0) is 18.4 Å². The Morgan fingerprint density at radius 3 is 2.56 bits per heavy atom. The number of aryl methyl sites for hydroxylation is 1. The largest absolute Gasteiger partial charge is 0.495 e. The van der Waals surface area contributed by atoms with E-state index in [9.17, 15) is 9.59 Å². The number of hydrogen-bond donors (Lipinski definition) is 1. The van der Waals surface area contributed by atoms with E-state index in [0.29, 0.717) is 27.2 Å². The molecule has 4 aromatic rings. The van der Waals surface area contributed by atoms with Crippen LogP contribution in [0.25, 0.3) is 12.2 Å². The summed E-state index contributed by atoms with van der Waals surface area (Å²) in [4.78, 5) is 25.5. The summed E-state index contributed by atoms with van der Waals surface area (Å²) in [6.07, 6.45) is 3.29. The molecule has 0 spiro atoms. The van der Waals surface area contributed by atoms with E-state index < -0.39 is 0 Å². The van der Waals surface area contributed by atoms with Crippen LogP contribution in [-0.4, -0.2) is 27.4 Å². The zero-order chi connectivity index (χ0) is 24.2. The highest BCUT2D eigenvalue weighted by atomic mass is 32.1. The van der Waals surface area contributed by atoms with Crippen LogP contribution in [0.15, 0.2) is 59.4 Å². The maximum absolute atomic E-state index is 12.9. The van der Waals surface area contributed by atoms with Gasteiger partial charge in [0.1, 0.15) is 10.4 Å². The predicted molar refractivity (Wildman–Crippen MR) is 136 cm³/mol.